The second-order valence-corrected chi connectivity index (χ2v) is 4.91. The summed E-state index contributed by atoms with van der Waals surface area (Å²) in [6.07, 6.45) is 3.61. The highest BCUT2D eigenvalue weighted by atomic mass is 35.5. The summed E-state index contributed by atoms with van der Waals surface area (Å²) in [6.45, 7) is 4.10. The molecule has 5 heteroatoms. The fourth-order valence-electron chi connectivity index (χ4n) is 2.00. The van der Waals surface area contributed by atoms with E-state index in [1.807, 2.05) is 0 Å². The van der Waals surface area contributed by atoms with E-state index in [2.05, 4.69) is 16.8 Å². The average molecular weight is 255 g/mol. The second kappa shape index (κ2) is 4.92. The van der Waals surface area contributed by atoms with Gasteiger partial charge in [-0.15, -0.1) is 0 Å². The van der Waals surface area contributed by atoms with Crippen LogP contribution in [0.5, 0.6) is 0 Å². The maximum absolute atomic E-state index is 10.8. The van der Waals surface area contributed by atoms with Gasteiger partial charge >= 0.3 is 5.97 Å². The SMILES string of the molecule is CC1CCN(c2ncc(C(=O)O)cc2Cl)CC1. The van der Waals surface area contributed by atoms with Gasteiger partial charge in [-0.25, -0.2) is 9.78 Å². The minimum atomic E-state index is -1.00. The lowest BCUT2D eigenvalue weighted by atomic mass is 9.99. The van der Waals surface area contributed by atoms with Crippen LogP contribution in [0.1, 0.15) is 30.1 Å². The number of aromatic carboxylic acids is 1. The van der Waals surface area contributed by atoms with Crippen molar-refractivity contribution in [3.8, 4) is 0 Å². The normalized spacial score (nSPS) is 17.2. The number of carboxylic acids is 1. The van der Waals surface area contributed by atoms with Crippen molar-refractivity contribution >= 4 is 23.4 Å². The van der Waals surface area contributed by atoms with E-state index in [1.54, 1.807) is 0 Å². The van der Waals surface area contributed by atoms with E-state index in [4.69, 9.17) is 16.7 Å². The maximum atomic E-state index is 10.8. The number of pyridine rings is 1. The molecule has 1 saturated heterocycles. The minimum absolute atomic E-state index is 0.129. The van der Waals surface area contributed by atoms with Gasteiger partial charge in [0.05, 0.1) is 10.6 Å². The zero-order valence-electron chi connectivity index (χ0n) is 9.69. The molecule has 0 aliphatic carbocycles. The number of halogens is 1. The summed E-state index contributed by atoms with van der Waals surface area (Å²) >= 11 is 6.08. The number of hydrogen-bond acceptors (Lipinski definition) is 3. The highest BCUT2D eigenvalue weighted by Gasteiger charge is 2.19. The van der Waals surface area contributed by atoms with Gasteiger partial charge in [0.2, 0.25) is 0 Å². The van der Waals surface area contributed by atoms with Crippen LogP contribution >= 0.6 is 11.6 Å². The lowest BCUT2D eigenvalue weighted by Crippen LogP contribution is -2.33. The number of rotatable bonds is 2. The Hall–Kier alpha value is -1.29. The maximum Gasteiger partial charge on any atom is 0.337 e. The summed E-state index contributed by atoms with van der Waals surface area (Å²) < 4.78 is 0. The van der Waals surface area contributed by atoms with Crippen LogP contribution in [-0.2, 0) is 0 Å². The molecule has 1 aromatic heterocycles. The van der Waals surface area contributed by atoms with Crippen molar-refractivity contribution in [2.24, 2.45) is 5.92 Å². The molecule has 2 rings (SSSR count). The highest BCUT2D eigenvalue weighted by Crippen LogP contribution is 2.28. The molecule has 0 bridgehead atoms. The summed E-state index contributed by atoms with van der Waals surface area (Å²) in [6, 6.07) is 1.46. The molecule has 0 spiro atoms. The van der Waals surface area contributed by atoms with Crippen molar-refractivity contribution < 1.29 is 9.90 Å². The van der Waals surface area contributed by atoms with E-state index < -0.39 is 5.97 Å². The molecule has 0 aromatic carbocycles. The smallest absolute Gasteiger partial charge is 0.337 e. The van der Waals surface area contributed by atoms with E-state index in [-0.39, 0.29) is 5.56 Å². The van der Waals surface area contributed by atoms with Crippen LogP contribution in [0.15, 0.2) is 12.3 Å². The lowest BCUT2D eigenvalue weighted by molar-refractivity contribution is 0.0696. The van der Waals surface area contributed by atoms with Crippen LogP contribution in [0.2, 0.25) is 5.02 Å². The third-order valence-electron chi connectivity index (χ3n) is 3.15. The molecule has 0 radical (unpaired) electrons. The summed E-state index contributed by atoms with van der Waals surface area (Å²) in [5.41, 5.74) is 0.129. The van der Waals surface area contributed by atoms with E-state index in [1.165, 1.54) is 12.3 Å². The number of nitrogens with zero attached hydrogens (tertiary/aromatic N) is 2. The van der Waals surface area contributed by atoms with Crippen LogP contribution in [0, 0.1) is 5.92 Å². The van der Waals surface area contributed by atoms with Gasteiger partial charge in [-0.2, -0.15) is 0 Å². The third-order valence-corrected chi connectivity index (χ3v) is 3.43. The number of hydrogen-bond donors (Lipinski definition) is 1. The summed E-state index contributed by atoms with van der Waals surface area (Å²) in [4.78, 5) is 17.1. The molecule has 4 nitrogen and oxygen atoms in total. The van der Waals surface area contributed by atoms with Gasteiger partial charge in [0.25, 0.3) is 0 Å². The standard InChI is InChI=1S/C12H15ClN2O2/c1-8-2-4-15(5-3-8)11-10(13)6-9(7-14-11)12(16)17/h6-8H,2-5H2,1H3,(H,16,17). The third kappa shape index (κ3) is 2.69. The Labute approximate surface area is 105 Å². The van der Waals surface area contributed by atoms with Crippen molar-refractivity contribution in [1.82, 2.24) is 4.98 Å². The van der Waals surface area contributed by atoms with Gasteiger partial charge < -0.3 is 10.0 Å². The number of aromatic nitrogens is 1. The van der Waals surface area contributed by atoms with Crippen molar-refractivity contribution in [1.29, 1.82) is 0 Å². The van der Waals surface area contributed by atoms with Gasteiger partial charge in [-0.1, -0.05) is 18.5 Å². The van der Waals surface area contributed by atoms with Gasteiger partial charge in [0, 0.05) is 19.3 Å². The molecular formula is C12H15ClN2O2. The predicted molar refractivity (Wildman–Crippen MR) is 66.8 cm³/mol. The molecule has 0 saturated carbocycles. The summed E-state index contributed by atoms with van der Waals surface area (Å²) in [5.74, 6) is 0.435. The largest absolute Gasteiger partial charge is 0.478 e. The van der Waals surface area contributed by atoms with Crippen molar-refractivity contribution in [3.63, 3.8) is 0 Å². The molecule has 0 unspecified atom stereocenters. The molecule has 92 valence electrons. The fourth-order valence-corrected chi connectivity index (χ4v) is 2.29. The lowest BCUT2D eigenvalue weighted by Gasteiger charge is -2.31. The van der Waals surface area contributed by atoms with E-state index in [0.717, 1.165) is 31.8 Å². The first-order chi connectivity index (χ1) is 8.08. The van der Waals surface area contributed by atoms with E-state index in [9.17, 15) is 4.79 Å². The molecule has 0 amide bonds. The minimum Gasteiger partial charge on any atom is -0.478 e. The van der Waals surface area contributed by atoms with Crippen LogP contribution in [0.4, 0.5) is 5.82 Å². The zero-order valence-corrected chi connectivity index (χ0v) is 10.4. The molecular weight excluding hydrogens is 240 g/mol. The Kier molecular flexibility index (Phi) is 3.52. The van der Waals surface area contributed by atoms with Gasteiger partial charge in [0.15, 0.2) is 0 Å². The van der Waals surface area contributed by atoms with Crippen molar-refractivity contribution in [2.45, 2.75) is 19.8 Å². The topological polar surface area (TPSA) is 53.4 Å². The predicted octanol–water partition coefficient (Wildman–Crippen LogP) is 2.67. The van der Waals surface area contributed by atoms with Gasteiger partial charge in [-0.05, 0) is 24.8 Å². The van der Waals surface area contributed by atoms with E-state index >= 15 is 0 Å². The van der Waals surface area contributed by atoms with Crippen molar-refractivity contribution in [3.05, 3.63) is 22.8 Å². The van der Waals surface area contributed by atoms with Crippen LogP contribution < -0.4 is 4.90 Å². The Bertz CT molecular complexity index is 429. The van der Waals surface area contributed by atoms with Crippen LogP contribution in [0.3, 0.4) is 0 Å². The highest BCUT2D eigenvalue weighted by molar-refractivity contribution is 6.33. The molecule has 1 aliphatic rings. The summed E-state index contributed by atoms with van der Waals surface area (Å²) in [5, 5.41) is 9.25. The average Bonchev–Trinajstić information content (AvgIpc) is 2.30. The number of anilines is 1. The van der Waals surface area contributed by atoms with Gasteiger partial charge in [0.1, 0.15) is 5.82 Å². The number of carbonyl (C=O) groups is 1. The zero-order chi connectivity index (χ0) is 12.4. The first-order valence-corrected chi connectivity index (χ1v) is 6.09. The molecule has 1 aliphatic heterocycles. The first kappa shape index (κ1) is 12.2. The fraction of sp³-hybridized carbons (Fsp3) is 0.500. The quantitative estimate of drug-likeness (QED) is 0.882. The summed E-state index contributed by atoms with van der Waals surface area (Å²) in [7, 11) is 0. The monoisotopic (exact) mass is 254 g/mol. The Morgan fingerprint density at radius 2 is 2.18 bits per heavy atom. The molecule has 17 heavy (non-hydrogen) atoms. The first-order valence-electron chi connectivity index (χ1n) is 5.71. The Balaban J connectivity index is 2.19. The Morgan fingerprint density at radius 1 is 1.53 bits per heavy atom. The molecule has 0 atom stereocenters. The second-order valence-electron chi connectivity index (χ2n) is 4.50. The van der Waals surface area contributed by atoms with E-state index in [0.29, 0.717) is 10.8 Å². The number of carboxylic acid groups (broad SMARTS) is 1. The molecule has 1 aromatic rings. The molecule has 1 N–H and O–H groups in total. The molecule has 2 heterocycles. The van der Waals surface area contributed by atoms with Crippen molar-refractivity contribution in [2.75, 3.05) is 18.0 Å². The molecule has 1 fully saturated rings. The Morgan fingerprint density at radius 3 is 2.71 bits per heavy atom. The van der Waals surface area contributed by atoms with Gasteiger partial charge in [-0.3, -0.25) is 0 Å². The number of piperidine rings is 1. The van der Waals surface area contributed by atoms with Crippen LogP contribution in [-0.4, -0.2) is 29.1 Å². The van der Waals surface area contributed by atoms with Crippen LogP contribution in [0.25, 0.3) is 0 Å².